The van der Waals surface area contributed by atoms with Crippen LogP contribution in [-0.2, 0) is 11.3 Å². The molecule has 1 heterocycles. The molecule has 1 atom stereocenters. The molecule has 1 aromatic rings. The van der Waals surface area contributed by atoms with Gasteiger partial charge in [0.25, 0.3) is 0 Å². The van der Waals surface area contributed by atoms with Crippen LogP contribution in [0.3, 0.4) is 0 Å². The number of hydrogen-bond acceptors (Lipinski definition) is 3. The molecular formula is C13H25N3O. The molecule has 0 spiro atoms. The second-order valence-corrected chi connectivity index (χ2v) is 4.64. The molecule has 0 bridgehead atoms. The predicted octanol–water partition coefficient (Wildman–Crippen LogP) is 1.90. The van der Waals surface area contributed by atoms with Crippen molar-refractivity contribution in [1.82, 2.24) is 15.1 Å². The number of nitrogens with one attached hydrogen (secondary N) is 1. The van der Waals surface area contributed by atoms with Gasteiger partial charge in [-0.25, -0.2) is 0 Å². The molecular weight excluding hydrogens is 214 g/mol. The predicted molar refractivity (Wildman–Crippen MR) is 70.3 cm³/mol. The Hall–Kier alpha value is -0.870. The molecule has 1 N–H and O–H groups in total. The zero-order chi connectivity index (χ0) is 12.7. The maximum absolute atomic E-state index is 5.05. The lowest BCUT2D eigenvalue weighted by molar-refractivity contribution is 0.185. The number of methoxy groups -OCH3 is 1. The van der Waals surface area contributed by atoms with E-state index in [2.05, 4.69) is 35.0 Å². The van der Waals surface area contributed by atoms with Crippen LogP contribution in [-0.4, -0.2) is 36.1 Å². The quantitative estimate of drug-likeness (QED) is 0.704. The van der Waals surface area contributed by atoms with Crippen molar-refractivity contribution in [3.63, 3.8) is 0 Å². The summed E-state index contributed by atoms with van der Waals surface area (Å²) in [6.07, 6.45) is 2.18. The summed E-state index contributed by atoms with van der Waals surface area (Å²) < 4.78 is 7.13. The Morgan fingerprint density at radius 1 is 1.47 bits per heavy atom. The van der Waals surface area contributed by atoms with Crippen LogP contribution >= 0.6 is 0 Å². The van der Waals surface area contributed by atoms with E-state index in [0.29, 0.717) is 6.04 Å². The highest BCUT2D eigenvalue weighted by Gasteiger charge is 2.02. The number of nitrogens with zero attached hydrogens (tertiary/aromatic N) is 2. The Labute approximate surface area is 104 Å². The van der Waals surface area contributed by atoms with Gasteiger partial charge in [0.05, 0.1) is 5.69 Å². The summed E-state index contributed by atoms with van der Waals surface area (Å²) in [7, 11) is 1.75. The summed E-state index contributed by atoms with van der Waals surface area (Å²) in [5.74, 6) is 0. The molecule has 4 heteroatoms. The van der Waals surface area contributed by atoms with Crippen LogP contribution in [0.2, 0.25) is 0 Å². The van der Waals surface area contributed by atoms with Gasteiger partial charge >= 0.3 is 0 Å². The Balaban J connectivity index is 2.14. The van der Waals surface area contributed by atoms with E-state index >= 15 is 0 Å². The molecule has 0 saturated carbocycles. The summed E-state index contributed by atoms with van der Waals surface area (Å²) >= 11 is 0. The number of aryl methyl sites for hydroxylation is 3. The molecule has 0 radical (unpaired) electrons. The first-order valence-corrected chi connectivity index (χ1v) is 6.37. The van der Waals surface area contributed by atoms with Gasteiger partial charge in [-0.15, -0.1) is 0 Å². The van der Waals surface area contributed by atoms with Gasteiger partial charge in [-0.05, 0) is 46.2 Å². The number of aromatic nitrogens is 2. The minimum Gasteiger partial charge on any atom is -0.385 e. The summed E-state index contributed by atoms with van der Waals surface area (Å²) in [4.78, 5) is 0. The third-order valence-electron chi connectivity index (χ3n) is 2.90. The van der Waals surface area contributed by atoms with Crippen molar-refractivity contribution in [1.29, 1.82) is 0 Å². The summed E-state index contributed by atoms with van der Waals surface area (Å²) in [6.45, 7) is 9.18. The second-order valence-electron chi connectivity index (χ2n) is 4.64. The largest absolute Gasteiger partial charge is 0.385 e. The Morgan fingerprint density at radius 2 is 2.24 bits per heavy atom. The van der Waals surface area contributed by atoms with Gasteiger partial charge in [-0.2, -0.15) is 5.10 Å². The minimum atomic E-state index is 0.524. The van der Waals surface area contributed by atoms with Gasteiger partial charge in [0.15, 0.2) is 0 Å². The van der Waals surface area contributed by atoms with Crippen LogP contribution in [0.1, 0.15) is 31.2 Å². The van der Waals surface area contributed by atoms with Crippen molar-refractivity contribution in [2.24, 2.45) is 0 Å². The van der Waals surface area contributed by atoms with E-state index in [1.54, 1.807) is 7.11 Å². The van der Waals surface area contributed by atoms with Crippen LogP contribution in [0.25, 0.3) is 0 Å². The molecule has 1 rings (SSSR count). The van der Waals surface area contributed by atoms with Crippen molar-refractivity contribution in [3.8, 4) is 0 Å². The van der Waals surface area contributed by atoms with Gasteiger partial charge in [-0.1, -0.05) is 0 Å². The average Bonchev–Trinajstić information content (AvgIpc) is 2.60. The van der Waals surface area contributed by atoms with E-state index in [9.17, 15) is 0 Å². The maximum atomic E-state index is 5.05. The summed E-state index contributed by atoms with van der Waals surface area (Å²) in [6, 6.07) is 2.64. The van der Waals surface area contributed by atoms with E-state index in [4.69, 9.17) is 4.74 Å². The van der Waals surface area contributed by atoms with Crippen LogP contribution in [0.15, 0.2) is 6.07 Å². The second kappa shape index (κ2) is 7.45. The smallest absolute Gasteiger partial charge is 0.0596 e. The molecule has 17 heavy (non-hydrogen) atoms. The minimum absolute atomic E-state index is 0.524. The van der Waals surface area contributed by atoms with Crippen LogP contribution in [0.4, 0.5) is 0 Å². The molecule has 0 aromatic carbocycles. The van der Waals surface area contributed by atoms with E-state index in [0.717, 1.165) is 38.2 Å². The van der Waals surface area contributed by atoms with Gasteiger partial charge in [0, 0.05) is 32.0 Å². The fourth-order valence-corrected chi connectivity index (χ4v) is 1.88. The summed E-state index contributed by atoms with van der Waals surface area (Å²) in [5.41, 5.74) is 2.35. The zero-order valence-electron chi connectivity index (χ0n) is 11.5. The third-order valence-corrected chi connectivity index (χ3v) is 2.90. The highest BCUT2D eigenvalue weighted by atomic mass is 16.5. The Morgan fingerprint density at radius 3 is 2.82 bits per heavy atom. The molecule has 98 valence electrons. The third kappa shape index (κ3) is 5.33. The van der Waals surface area contributed by atoms with E-state index < -0.39 is 0 Å². The van der Waals surface area contributed by atoms with Crippen molar-refractivity contribution in [2.45, 2.75) is 46.2 Å². The van der Waals surface area contributed by atoms with Crippen molar-refractivity contribution >= 4 is 0 Å². The van der Waals surface area contributed by atoms with E-state index in [1.807, 2.05) is 6.92 Å². The van der Waals surface area contributed by atoms with Crippen LogP contribution < -0.4 is 5.32 Å². The number of rotatable bonds is 8. The fourth-order valence-electron chi connectivity index (χ4n) is 1.88. The molecule has 0 amide bonds. The fraction of sp³-hybridized carbons (Fsp3) is 0.769. The molecule has 0 fully saturated rings. The molecule has 0 aliphatic carbocycles. The first kappa shape index (κ1) is 14.2. The standard InChI is InChI=1S/C13H25N3O/c1-11(6-9-17-4)14-7-5-8-16-13(3)10-12(2)15-16/h10-11,14H,5-9H2,1-4H3. The first-order chi connectivity index (χ1) is 8.13. The van der Waals surface area contributed by atoms with Crippen molar-refractivity contribution in [2.75, 3.05) is 20.3 Å². The Bertz CT molecular complexity index is 322. The van der Waals surface area contributed by atoms with Gasteiger partial charge in [0.1, 0.15) is 0 Å². The highest BCUT2D eigenvalue weighted by molar-refractivity contribution is 5.06. The SMILES string of the molecule is COCCC(C)NCCCn1nc(C)cc1C. The van der Waals surface area contributed by atoms with Crippen molar-refractivity contribution in [3.05, 3.63) is 17.5 Å². The van der Waals surface area contributed by atoms with E-state index in [1.165, 1.54) is 5.69 Å². The lowest BCUT2D eigenvalue weighted by atomic mass is 10.2. The molecule has 0 aliphatic rings. The Kier molecular flexibility index (Phi) is 6.22. The molecule has 4 nitrogen and oxygen atoms in total. The maximum Gasteiger partial charge on any atom is 0.0596 e. The zero-order valence-corrected chi connectivity index (χ0v) is 11.5. The normalized spacial score (nSPS) is 12.9. The lowest BCUT2D eigenvalue weighted by Gasteiger charge is -2.13. The molecule has 0 saturated heterocycles. The first-order valence-electron chi connectivity index (χ1n) is 6.37. The molecule has 0 aliphatic heterocycles. The average molecular weight is 239 g/mol. The molecule has 1 aromatic heterocycles. The topological polar surface area (TPSA) is 39.1 Å². The molecule has 1 unspecified atom stereocenters. The van der Waals surface area contributed by atoms with Crippen molar-refractivity contribution < 1.29 is 4.74 Å². The van der Waals surface area contributed by atoms with Crippen LogP contribution in [0.5, 0.6) is 0 Å². The van der Waals surface area contributed by atoms with Crippen LogP contribution in [0, 0.1) is 13.8 Å². The number of hydrogen-bond donors (Lipinski definition) is 1. The number of ether oxygens (including phenoxy) is 1. The highest BCUT2D eigenvalue weighted by Crippen LogP contribution is 2.02. The lowest BCUT2D eigenvalue weighted by Crippen LogP contribution is -2.28. The van der Waals surface area contributed by atoms with E-state index in [-0.39, 0.29) is 0 Å². The van der Waals surface area contributed by atoms with Gasteiger partial charge < -0.3 is 10.1 Å². The summed E-state index contributed by atoms with van der Waals surface area (Å²) in [5, 5.41) is 7.94. The monoisotopic (exact) mass is 239 g/mol. The van der Waals surface area contributed by atoms with Gasteiger partial charge in [0.2, 0.25) is 0 Å². The van der Waals surface area contributed by atoms with Gasteiger partial charge in [-0.3, -0.25) is 4.68 Å².